The van der Waals surface area contributed by atoms with Gasteiger partial charge in [-0.2, -0.15) is 0 Å². The molecule has 1 aliphatic rings. The summed E-state index contributed by atoms with van der Waals surface area (Å²) >= 11 is 0. The van der Waals surface area contributed by atoms with Crippen LogP contribution in [0.15, 0.2) is 0 Å². The Kier molecular flexibility index (Phi) is 30.5. The van der Waals surface area contributed by atoms with Crippen molar-refractivity contribution in [1.29, 1.82) is 0 Å². The van der Waals surface area contributed by atoms with Crippen LogP contribution in [0.5, 0.6) is 0 Å². The van der Waals surface area contributed by atoms with Crippen molar-refractivity contribution < 1.29 is 50.0 Å². The maximum atomic E-state index is 13.0. The minimum atomic E-state index is -1.66. The van der Waals surface area contributed by atoms with Crippen molar-refractivity contribution >= 4 is 5.91 Å². The quantitative estimate of drug-likeness (QED) is 0.0346. The summed E-state index contributed by atoms with van der Waals surface area (Å²) in [6.07, 6.45) is 17.3. The number of unbranched alkanes of at least 4 members (excludes halogenated alkanes) is 21. The molecule has 1 aliphatic heterocycles. The third-order valence-electron chi connectivity index (χ3n) is 10.8. The molecule has 1 rings (SSSR count). The number of nitrogens with one attached hydrogen (secondary N) is 1. The molecular weight excluding hydrogens is 678 g/mol. The Morgan fingerprint density at radius 1 is 0.623 bits per heavy atom. The number of amides is 1. The largest absolute Gasteiger partial charge is 0.394 e. The zero-order valence-corrected chi connectivity index (χ0v) is 33.9. The lowest BCUT2D eigenvalue weighted by Gasteiger charge is -2.40. The Bertz CT molecular complexity index is 849. The van der Waals surface area contributed by atoms with Gasteiger partial charge < -0.3 is 50.5 Å². The van der Waals surface area contributed by atoms with Gasteiger partial charge in [0, 0.05) is 0 Å². The average molecular weight is 762 g/mol. The van der Waals surface area contributed by atoms with Crippen LogP contribution in [-0.2, 0) is 14.3 Å². The summed E-state index contributed by atoms with van der Waals surface area (Å²) in [7, 11) is 0. The molecule has 0 radical (unpaired) electrons. The van der Waals surface area contributed by atoms with E-state index in [1.165, 1.54) is 103 Å². The highest BCUT2D eigenvalue weighted by Crippen LogP contribution is 2.23. The Labute approximate surface area is 322 Å². The van der Waals surface area contributed by atoms with Gasteiger partial charge in [0.1, 0.15) is 36.6 Å². The van der Waals surface area contributed by atoms with Gasteiger partial charge in [-0.15, -0.1) is 0 Å². The minimum absolute atomic E-state index is 0.265. The van der Waals surface area contributed by atoms with E-state index in [1.807, 2.05) is 0 Å². The smallest absolute Gasteiger partial charge is 0.249 e. The normalized spacial score (nSPS) is 22.9. The van der Waals surface area contributed by atoms with E-state index >= 15 is 0 Å². The first kappa shape index (κ1) is 50.1. The van der Waals surface area contributed by atoms with Gasteiger partial charge in [-0.1, -0.05) is 175 Å². The van der Waals surface area contributed by atoms with Crippen LogP contribution in [0.4, 0.5) is 0 Å². The molecule has 0 aromatic heterocycles. The van der Waals surface area contributed by atoms with Crippen molar-refractivity contribution in [3.05, 3.63) is 0 Å². The molecule has 53 heavy (non-hydrogen) atoms. The van der Waals surface area contributed by atoms with E-state index in [9.17, 15) is 40.5 Å². The second kappa shape index (κ2) is 32.2. The van der Waals surface area contributed by atoms with Gasteiger partial charge in [0.05, 0.1) is 25.4 Å². The number of aliphatic hydroxyl groups excluding tert-OH is 7. The summed E-state index contributed by atoms with van der Waals surface area (Å²) in [6.45, 7) is 5.71. The second-order valence-corrected chi connectivity index (χ2v) is 16.3. The number of rotatable bonds is 35. The molecule has 0 aliphatic carbocycles. The van der Waals surface area contributed by atoms with Gasteiger partial charge in [0.2, 0.25) is 5.91 Å². The van der Waals surface area contributed by atoms with E-state index in [4.69, 9.17) is 9.47 Å². The summed E-state index contributed by atoms with van der Waals surface area (Å²) in [4.78, 5) is 13.0. The summed E-state index contributed by atoms with van der Waals surface area (Å²) < 4.78 is 11.1. The molecule has 0 unspecified atom stereocenters. The lowest BCUT2D eigenvalue weighted by Crippen LogP contribution is -2.60. The van der Waals surface area contributed by atoms with Gasteiger partial charge in [-0.25, -0.2) is 0 Å². The predicted molar refractivity (Wildman–Crippen MR) is 210 cm³/mol. The van der Waals surface area contributed by atoms with E-state index in [0.29, 0.717) is 19.3 Å². The van der Waals surface area contributed by atoms with E-state index in [1.54, 1.807) is 0 Å². The summed E-state index contributed by atoms with van der Waals surface area (Å²) in [5, 5.41) is 75.4. The molecule has 0 aromatic rings. The fourth-order valence-corrected chi connectivity index (χ4v) is 7.15. The van der Waals surface area contributed by atoms with Crippen LogP contribution < -0.4 is 5.32 Å². The molecule has 9 atom stereocenters. The van der Waals surface area contributed by atoms with Crippen LogP contribution in [0.1, 0.15) is 188 Å². The van der Waals surface area contributed by atoms with Gasteiger partial charge in [-0.05, 0) is 18.8 Å². The first-order valence-electron chi connectivity index (χ1n) is 21.8. The van der Waals surface area contributed by atoms with Gasteiger partial charge in [-0.3, -0.25) is 4.79 Å². The second-order valence-electron chi connectivity index (χ2n) is 16.3. The molecule has 0 bridgehead atoms. The first-order valence-corrected chi connectivity index (χ1v) is 21.8. The maximum absolute atomic E-state index is 13.0. The number of hydrogen-bond donors (Lipinski definition) is 8. The summed E-state index contributed by atoms with van der Waals surface area (Å²) in [6, 6.07) is -1.16. The lowest BCUT2D eigenvalue weighted by atomic mass is 9.98. The molecule has 1 fully saturated rings. The average Bonchev–Trinajstić information content (AvgIpc) is 3.14. The SMILES string of the molecule is CCCCCCCCCCCCCCCC[C@@H](O)C(=O)N[C@@H](CO[C@@H]1O[C@H](CO)[C@@H](O)[C@H](O)[C@H]1O)[C@H](O)[C@H](O)CCCCCCCCCCCC(C)C. The topological polar surface area (TPSA) is 189 Å². The Morgan fingerprint density at radius 2 is 1.06 bits per heavy atom. The fraction of sp³-hybridized carbons (Fsp3) is 0.976. The Hall–Kier alpha value is -0.890. The molecule has 11 heteroatoms. The van der Waals surface area contributed by atoms with Crippen LogP contribution in [-0.4, -0.2) is 110 Å². The van der Waals surface area contributed by atoms with E-state index in [0.717, 1.165) is 44.4 Å². The van der Waals surface area contributed by atoms with Crippen molar-refractivity contribution in [3.63, 3.8) is 0 Å². The predicted octanol–water partition coefficient (Wildman–Crippen LogP) is 6.19. The number of hydrogen-bond acceptors (Lipinski definition) is 10. The third-order valence-corrected chi connectivity index (χ3v) is 10.8. The summed E-state index contributed by atoms with van der Waals surface area (Å²) in [5.41, 5.74) is 0. The van der Waals surface area contributed by atoms with E-state index in [2.05, 4.69) is 26.1 Å². The highest BCUT2D eigenvalue weighted by atomic mass is 16.7. The highest BCUT2D eigenvalue weighted by molar-refractivity contribution is 5.80. The number of carbonyl (C=O) groups excluding carboxylic acids is 1. The van der Waals surface area contributed by atoms with Crippen LogP contribution in [0, 0.1) is 5.92 Å². The van der Waals surface area contributed by atoms with Crippen molar-refractivity contribution in [2.45, 2.75) is 243 Å². The molecule has 1 saturated heterocycles. The van der Waals surface area contributed by atoms with Crippen molar-refractivity contribution in [2.75, 3.05) is 13.2 Å². The molecule has 0 spiro atoms. The minimum Gasteiger partial charge on any atom is -0.394 e. The van der Waals surface area contributed by atoms with Crippen molar-refractivity contribution in [3.8, 4) is 0 Å². The third kappa shape index (κ3) is 23.7. The Balaban J connectivity index is 2.50. The first-order chi connectivity index (χ1) is 25.5. The van der Waals surface area contributed by atoms with Gasteiger partial charge in [0.25, 0.3) is 0 Å². The highest BCUT2D eigenvalue weighted by Gasteiger charge is 2.44. The molecule has 1 heterocycles. The Morgan fingerprint density at radius 3 is 1.51 bits per heavy atom. The zero-order chi connectivity index (χ0) is 39.3. The van der Waals surface area contributed by atoms with Crippen LogP contribution in [0.25, 0.3) is 0 Å². The molecular formula is C42H83NO10. The summed E-state index contributed by atoms with van der Waals surface area (Å²) in [5.74, 6) is 0.0678. The van der Waals surface area contributed by atoms with E-state index in [-0.39, 0.29) is 6.42 Å². The van der Waals surface area contributed by atoms with E-state index < -0.39 is 74.2 Å². The number of carbonyl (C=O) groups is 1. The fourth-order valence-electron chi connectivity index (χ4n) is 7.15. The van der Waals surface area contributed by atoms with Crippen LogP contribution in [0.2, 0.25) is 0 Å². The molecule has 8 N–H and O–H groups in total. The molecule has 1 amide bonds. The van der Waals surface area contributed by atoms with Crippen molar-refractivity contribution in [2.24, 2.45) is 5.92 Å². The number of ether oxygens (including phenoxy) is 2. The molecule has 316 valence electrons. The maximum Gasteiger partial charge on any atom is 0.249 e. The van der Waals surface area contributed by atoms with Crippen molar-refractivity contribution in [1.82, 2.24) is 5.32 Å². The molecule has 11 nitrogen and oxygen atoms in total. The standard InChI is InChI=1S/C42H83NO10/c1-4-5-6-7-8-9-10-11-12-13-16-20-23-26-29-35(46)41(51)43-33(31-52-42-40(50)39(49)38(48)36(30-44)53-42)37(47)34(45)28-25-22-19-17-14-15-18-21-24-27-32(2)3/h32-40,42,44-50H,4-31H2,1-3H3,(H,43,51)/t33-,34+,35+,36+,37-,38+,39-,40+,42+/m0/s1. The number of aliphatic hydroxyl groups is 7. The van der Waals surface area contributed by atoms with Gasteiger partial charge in [0.15, 0.2) is 6.29 Å². The lowest BCUT2D eigenvalue weighted by molar-refractivity contribution is -0.303. The monoisotopic (exact) mass is 762 g/mol. The zero-order valence-electron chi connectivity index (χ0n) is 33.9. The van der Waals surface area contributed by atoms with Gasteiger partial charge >= 0.3 is 0 Å². The van der Waals surface area contributed by atoms with Crippen LogP contribution in [0.3, 0.4) is 0 Å². The molecule has 0 saturated carbocycles. The molecule has 0 aromatic carbocycles. The van der Waals surface area contributed by atoms with Crippen LogP contribution >= 0.6 is 0 Å².